The molecule has 0 radical (unpaired) electrons. The van der Waals surface area contributed by atoms with Gasteiger partial charge in [-0.1, -0.05) is 5.16 Å². The van der Waals surface area contributed by atoms with Crippen molar-refractivity contribution >= 4 is 6.03 Å². The number of carbonyl (C=O) groups is 1. The van der Waals surface area contributed by atoms with Gasteiger partial charge in [0.2, 0.25) is 0 Å². The molecular weight excluding hydrogens is 186 g/mol. The highest BCUT2D eigenvalue weighted by Crippen LogP contribution is 2.32. The molecule has 0 fully saturated rings. The third-order valence-electron chi connectivity index (χ3n) is 2.44. The summed E-state index contributed by atoms with van der Waals surface area (Å²) < 4.78 is 4.98. The molecule has 0 saturated heterocycles. The first-order chi connectivity index (χ1) is 6.70. The molecule has 0 spiro atoms. The molecule has 0 aromatic carbocycles. The van der Waals surface area contributed by atoms with Crippen molar-refractivity contribution < 1.29 is 14.5 Å². The monoisotopic (exact) mass is 197 g/mol. The first-order valence-electron chi connectivity index (χ1n) is 4.41. The fourth-order valence-corrected chi connectivity index (χ4v) is 1.75. The molecule has 6 nitrogen and oxygen atoms in total. The lowest BCUT2D eigenvalue weighted by molar-refractivity contribution is -0.0813. The van der Waals surface area contributed by atoms with Crippen molar-refractivity contribution in [3.05, 3.63) is 17.5 Å². The van der Waals surface area contributed by atoms with E-state index in [1.54, 1.807) is 0 Å². The van der Waals surface area contributed by atoms with Gasteiger partial charge in [0.25, 0.3) is 0 Å². The summed E-state index contributed by atoms with van der Waals surface area (Å²) in [6, 6.07) is -1.27. The molecule has 1 aliphatic carbocycles. The number of aryl methyl sites for hydroxylation is 1. The molecule has 6 heteroatoms. The predicted molar refractivity (Wildman–Crippen MR) is 45.4 cm³/mol. The molecule has 3 N–H and O–H groups in total. The van der Waals surface area contributed by atoms with E-state index in [9.17, 15) is 10.0 Å². The Labute approximate surface area is 80.2 Å². The molecule has 0 saturated carbocycles. The second-order valence-electron chi connectivity index (χ2n) is 3.30. The van der Waals surface area contributed by atoms with E-state index in [-0.39, 0.29) is 0 Å². The molecule has 76 valence electrons. The van der Waals surface area contributed by atoms with E-state index >= 15 is 0 Å². The van der Waals surface area contributed by atoms with Crippen LogP contribution >= 0.6 is 0 Å². The number of urea groups is 1. The predicted octanol–water partition coefficient (Wildman–Crippen LogP) is 0.822. The van der Waals surface area contributed by atoms with Crippen LogP contribution in [0.2, 0.25) is 0 Å². The van der Waals surface area contributed by atoms with E-state index in [1.165, 1.54) is 6.20 Å². The maximum absolute atomic E-state index is 10.8. The summed E-state index contributed by atoms with van der Waals surface area (Å²) in [6.07, 6.45) is 3.83. The van der Waals surface area contributed by atoms with Gasteiger partial charge in [-0.3, -0.25) is 5.21 Å². The summed E-state index contributed by atoms with van der Waals surface area (Å²) in [5, 5.41) is 13.6. The Balaban J connectivity index is 2.28. The second-order valence-corrected chi connectivity index (χ2v) is 3.30. The van der Waals surface area contributed by atoms with Gasteiger partial charge in [0, 0.05) is 12.0 Å². The number of aromatic nitrogens is 1. The van der Waals surface area contributed by atoms with Crippen molar-refractivity contribution in [1.82, 2.24) is 10.2 Å². The number of nitrogens with zero attached hydrogens (tertiary/aromatic N) is 2. The summed E-state index contributed by atoms with van der Waals surface area (Å²) >= 11 is 0. The summed E-state index contributed by atoms with van der Waals surface area (Å²) in [5.74, 6) is 0.724. The molecule has 1 heterocycles. The van der Waals surface area contributed by atoms with Gasteiger partial charge in [0.15, 0.2) is 0 Å². The minimum Gasteiger partial charge on any atom is -0.361 e. The number of fused-ring (bicyclic) bond motifs is 1. The zero-order valence-corrected chi connectivity index (χ0v) is 7.51. The number of hydroxylamine groups is 2. The molecule has 2 rings (SSSR count). The van der Waals surface area contributed by atoms with E-state index in [0.29, 0.717) is 11.5 Å². The smallest absolute Gasteiger partial charge is 0.339 e. The molecule has 1 unspecified atom stereocenters. The summed E-state index contributed by atoms with van der Waals surface area (Å²) in [7, 11) is 0. The Bertz CT molecular complexity index is 349. The number of primary amides is 1. The van der Waals surface area contributed by atoms with Gasteiger partial charge in [0.1, 0.15) is 5.76 Å². The lowest BCUT2D eigenvalue weighted by Crippen LogP contribution is -2.37. The van der Waals surface area contributed by atoms with Crippen LogP contribution in [0, 0.1) is 0 Å². The van der Waals surface area contributed by atoms with Crippen LogP contribution in [0.5, 0.6) is 0 Å². The van der Waals surface area contributed by atoms with Crippen molar-refractivity contribution in [3.63, 3.8) is 0 Å². The highest BCUT2D eigenvalue weighted by molar-refractivity contribution is 5.71. The standard InChI is InChI=1S/C8H11N3O3/c9-8(12)11(13)6-2-1-3-7-5(6)4-10-14-7/h4,6,13H,1-3H2,(H2,9,12). The molecule has 2 amide bonds. The van der Waals surface area contributed by atoms with Gasteiger partial charge in [-0.15, -0.1) is 0 Å². The minimum atomic E-state index is -0.857. The van der Waals surface area contributed by atoms with Crippen LogP contribution in [-0.2, 0) is 6.42 Å². The fraction of sp³-hybridized carbons (Fsp3) is 0.500. The summed E-state index contributed by atoms with van der Waals surface area (Å²) in [6.45, 7) is 0. The van der Waals surface area contributed by atoms with Crippen LogP contribution in [0.4, 0.5) is 4.79 Å². The number of hydrogen-bond acceptors (Lipinski definition) is 4. The lowest BCUT2D eigenvalue weighted by atomic mass is 9.94. The third-order valence-corrected chi connectivity index (χ3v) is 2.44. The highest BCUT2D eigenvalue weighted by Gasteiger charge is 2.30. The largest absolute Gasteiger partial charge is 0.361 e. The van der Waals surface area contributed by atoms with Gasteiger partial charge < -0.3 is 10.3 Å². The topological polar surface area (TPSA) is 92.6 Å². The Morgan fingerprint density at radius 2 is 2.57 bits per heavy atom. The molecule has 1 aromatic heterocycles. The molecule has 1 aliphatic rings. The van der Waals surface area contributed by atoms with Crippen LogP contribution in [0.3, 0.4) is 0 Å². The average Bonchev–Trinajstić information content (AvgIpc) is 2.63. The van der Waals surface area contributed by atoms with Crippen LogP contribution in [0.15, 0.2) is 10.7 Å². The average molecular weight is 197 g/mol. The van der Waals surface area contributed by atoms with Crippen molar-refractivity contribution in [1.29, 1.82) is 0 Å². The van der Waals surface area contributed by atoms with Crippen molar-refractivity contribution in [2.24, 2.45) is 5.73 Å². The van der Waals surface area contributed by atoms with Gasteiger partial charge in [-0.2, -0.15) is 5.06 Å². The zero-order valence-electron chi connectivity index (χ0n) is 7.51. The van der Waals surface area contributed by atoms with Gasteiger partial charge >= 0.3 is 6.03 Å². The first-order valence-corrected chi connectivity index (χ1v) is 4.41. The van der Waals surface area contributed by atoms with Gasteiger partial charge in [0.05, 0.1) is 12.2 Å². The minimum absolute atomic E-state index is 0.414. The van der Waals surface area contributed by atoms with Crippen molar-refractivity contribution in [3.8, 4) is 0 Å². The van der Waals surface area contributed by atoms with Crippen molar-refractivity contribution in [2.75, 3.05) is 0 Å². The van der Waals surface area contributed by atoms with E-state index in [0.717, 1.165) is 24.2 Å². The quantitative estimate of drug-likeness (QED) is 0.515. The molecule has 1 aromatic rings. The molecular formula is C8H11N3O3. The number of rotatable bonds is 1. The molecule has 1 atom stereocenters. The number of nitrogens with two attached hydrogens (primary N) is 1. The molecule has 0 bridgehead atoms. The Kier molecular flexibility index (Phi) is 2.12. The maximum atomic E-state index is 10.8. The number of hydrogen-bond donors (Lipinski definition) is 2. The van der Waals surface area contributed by atoms with E-state index in [4.69, 9.17) is 10.3 Å². The Hall–Kier alpha value is -1.56. The van der Waals surface area contributed by atoms with Gasteiger partial charge in [-0.25, -0.2) is 4.79 Å². The van der Waals surface area contributed by atoms with Crippen LogP contribution in [-0.4, -0.2) is 21.5 Å². The fourth-order valence-electron chi connectivity index (χ4n) is 1.75. The van der Waals surface area contributed by atoms with E-state index in [2.05, 4.69) is 5.16 Å². The van der Waals surface area contributed by atoms with E-state index < -0.39 is 12.1 Å². The SMILES string of the molecule is NC(=O)N(O)C1CCCc2oncc21. The van der Waals surface area contributed by atoms with Crippen LogP contribution in [0.1, 0.15) is 30.2 Å². The second kappa shape index (κ2) is 3.30. The number of carbonyl (C=O) groups excluding carboxylic acids is 1. The number of amides is 2. The third kappa shape index (κ3) is 1.33. The Morgan fingerprint density at radius 3 is 3.29 bits per heavy atom. The molecule has 0 aliphatic heterocycles. The highest BCUT2D eigenvalue weighted by atomic mass is 16.5. The first kappa shape index (κ1) is 9.01. The zero-order chi connectivity index (χ0) is 10.1. The van der Waals surface area contributed by atoms with Crippen LogP contribution < -0.4 is 5.73 Å². The summed E-state index contributed by atoms with van der Waals surface area (Å²) in [4.78, 5) is 10.8. The van der Waals surface area contributed by atoms with E-state index in [1.807, 2.05) is 0 Å². The van der Waals surface area contributed by atoms with Gasteiger partial charge in [-0.05, 0) is 12.8 Å². The lowest BCUT2D eigenvalue weighted by Gasteiger charge is -2.26. The Morgan fingerprint density at radius 1 is 1.79 bits per heavy atom. The maximum Gasteiger partial charge on any atom is 0.339 e. The normalized spacial score (nSPS) is 20.2. The van der Waals surface area contributed by atoms with Crippen LogP contribution in [0.25, 0.3) is 0 Å². The van der Waals surface area contributed by atoms with Crippen molar-refractivity contribution in [2.45, 2.75) is 25.3 Å². The molecule has 14 heavy (non-hydrogen) atoms. The summed E-state index contributed by atoms with van der Waals surface area (Å²) in [5.41, 5.74) is 5.73.